The molecule has 5 N–H and O–H groups in total. The van der Waals surface area contributed by atoms with Gasteiger partial charge >= 0.3 is 0 Å². The minimum Gasteiger partial charge on any atom is -0.380 e. The van der Waals surface area contributed by atoms with Gasteiger partial charge in [-0.3, -0.25) is 5.41 Å². The Kier molecular flexibility index (Phi) is 7.83. The third-order valence-electron chi connectivity index (χ3n) is 4.43. The van der Waals surface area contributed by atoms with Gasteiger partial charge in [-0.15, -0.1) is 0 Å². The summed E-state index contributed by atoms with van der Waals surface area (Å²) in [6, 6.07) is 8.36. The zero-order valence-electron chi connectivity index (χ0n) is 15.4. The molecule has 26 heavy (non-hydrogen) atoms. The number of rotatable bonds is 8. The Morgan fingerprint density at radius 2 is 2.12 bits per heavy atom. The molecule has 138 valence electrons. The molecule has 0 aromatic heterocycles. The molecule has 2 rings (SSSR count). The lowest BCUT2D eigenvalue weighted by Gasteiger charge is -2.25. The predicted octanol–water partition coefficient (Wildman–Crippen LogP) is 3.11. The van der Waals surface area contributed by atoms with Crippen molar-refractivity contribution >= 4 is 12.1 Å². The summed E-state index contributed by atoms with van der Waals surface area (Å²) in [5, 5.41) is 25.8. The van der Waals surface area contributed by atoms with Gasteiger partial charge in [0.15, 0.2) is 0 Å². The lowest BCUT2D eigenvalue weighted by Crippen LogP contribution is -2.45. The number of hydrogen-bond donors (Lipinski definition) is 5. The van der Waals surface area contributed by atoms with E-state index in [4.69, 9.17) is 10.8 Å². The topological polar surface area (TPSA) is 83.8 Å². The largest absolute Gasteiger partial charge is 0.380 e. The van der Waals surface area contributed by atoms with E-state index in [0.29, 0.717) is 18.4 Å². The van der Waals surface area contributed by atoms with Gasteiger partial charge in [0.2, 0.25) is 0 Å². The van der Waals surface area contributed by atoms with E-state index < -0.39 is 0 Å². The molecule has 5 heteroatoms. The molecule has 1 fully saturated rings. The fourth-order valence-corrected chi connectivity index (χ4v) is 2.94. The van der Waals surface area contributed by atoms with Crippen molar-refractivity contribution < 1.29 is 0 Å². The molecule has 1 heterocycles. The predicted molar refractivity (Wildman–Crippen MR) is 110 cm³/mol. The average Bonchev–Trinajstić information content (AvgIpc) is 2.68. The third-order valence-corrected chi connectivity index (χ3v) is 4.43. The highest BCUT2D eigenvalue weighted by atomic mass is 15.0. The Balaban J connectivity index is 1.93. The highest BCUT2D eigenvalue weighted by Crippen LogP contribution is 2.10. The van der Waals surface area contributed by atoms with Crippen LogP contribution in [0.15, 0.2) is 60.3 Å². The smallest absolute Gasteiger partial charge is 0.125 e. The van der Waals surface area contributed by atoms with Gasteiger partial charge in [0, 0.05) is 42.2 Å². The number of benzene rings is 1. The molecule has 1 aliphatic rings. The van der Waals surface area contributed by atoms with Crippen LogP contribution < -0.4 is 16.0 Å². The highest BCUT2D eigenvalue weighted by Gasteiger charge is 2.14. The lowest BCUT2D eigenvalue weighted by molar-refractivity contribution is 0.431. The zero-order valence-corrected chi connectivity index (χ0v) is 15.4. The summed E-state index contributed by atoms with van der Waals surface area (Å²) in [7, 11) is 0. The second kappa shape index (κ2) is 10.4. The van der Waals surface area contributed by atoms with Crippen molar-refractivity contribution in [3.63, 3.8) is 0 Å². The van der Waals surface area contributed by atoms with Crippen molar-refractivity contribution in [2.24, 2.45) is 0 Å². The second-order valence-corrected chi connectivity index (χ2v) is 6.32. The molecule has 1 aliphatic heterocycles. The van der Waals surface area contributed by atoms with E-state index in [2.05, 4.69) is 22.5 Å². The van der Waals surface area contributed by atoms with Gasteiger partial charge in [-0.1, -0.05) is 43.0 Å². The van der Waals surface area contributed by atoms with Crippen LogP contribution in [0.2, 0.25) is 0 Å². The molecule has 0 radical (unpaired) electrons. The van der Waals surface area contributed by atoms with Crippen LogP contribution in [0.3, 0.4) is 0 Å². The molecule has 0 spiro atoms. The van der Waals surface area contributed by atoms with Crippen LogP contribution in [0.25, 0.3) is 0 Å². The summed E-state index contributed by atoms with van der Waals surface area (Å²) in [6.45, 7) is 8.29. The standard InChI is InChI=1S/C21H29N5/c1-3-6-20(17(4-2)13-22)25-14-16-8-10-18(11-9-16)21(23)26-19-7-5-12-24-15-19/h3-4,6,8-11,13,19,22,24-25H,1,5,7,12,14-15H2,2H3,(H2,23,26)/b17-4-,20-6+,22-13?/t19-/m1/s1. The first-order valence-electron chi connectivity index (χ1n) is 9.06. The summed E-state index contributed by atoms with van der Waals surface area (Å²) in [6.07, 6.45) is 9.07. The van der Waals surface area contributed by atoms with Crippen LogP contribution in [-0.2, 0) is 6.54 Å². The molecule has 1 atom stereocenters. The maximum Gasteiger partial charge on any atom is 0.125 e. The lowest BCUT2D eigenvalue weighted by atomic mass is 10.1. The number of nitrogens with one attached hydrogen (secondary N) is 5. The summed E-state index contributed by atoms with van der Waals surface area (Å²) >= 11 is 0. The molecule has 0 unspecified atom stereocenters. The summed E-state index contributed by atoms with van der Waals surface area (Å²) in [4.78, 5) is 0. The molecule has 0 bridgehead atoms. The van der Waals surface area contributed by atoms with E-state index in [1.807, 2.05) is 43.3 Å². The molecule has 1 saturated heterocycles. The maximum absolute atomic E-state index is 8.26. The molecule has 0 amide bonds. The average molecular weight is 351 g/mol. The van der Waals surface area contributed by atoms with Crippen LogP contribution in [0.5, 0.6) is 0 Å². The van der Waals surface area contributed by atoms with Gasteiger partial charge in [0.1, 0.15) is 5.84 Å². The Labute approximate surface area is 156 Å². The van der Waals surface area contributed by atoms with Gasteiger partial charge < -0.3 is 21.4 Å². The summed E-state index contributed by atoms with van der Waals surface area (Å²) < 4.78 is 0. The van der Waals surface area contributed by atoms with Crippen LogP contribution in [0.4, 0.5) is 0 Å². The van der Waals surface area contributed by atoms with Crippen molar-refractivity contribution in [2.45, 2.75) is 32.4 Å². The number of piperidine rings is 1. The molecular weight excluding hydrogens is 322 g/mol. The van der Waals surface area contributed by atoms with Gasteiger partial charge in [-0.05, 0) is 37.9 Å². The van der Waals surface area contributed by atoms with Crippen molar-refractivity contribution in [2.75, 3.05) is 13.1 Å². The SMILES string of the molecule is C=C/C=C(NCc1ccc(C(=N)N[C@@H]2CCCNC2)cc1)\C(C=N)=C/C. The van der Waals surface area contributed by atoms with E-state index >= 15 is 0 Å². The van der Waals surface area contributed by atoms with Gasteiger partial charge in [-0.2, -0.15) is 0 Å². The molecular formula is C21H29N5. The first kappa shape index (κ1) is 19.7. The molecule has 5 nitrogen and oxygen atoms in total. The van der Waals surface area contributed by atoms with Crippen molar-refractivity contribution in [3.05, 3.63) is 71.5 Å². The number of hydrogen-bond acceptors (Lipinski definition) is 4. The third kappa shape index (κ3) is 5.70. The van der Waals surface area contributed by atoms with E-state index in [9.17, 15) is 0 Å². The second-order valence-electron chi connectivity index (χ2n) is 6.32. The van der Waals surface area contributed by atoms with Crippen molar-refractivity contribution in [1.82, 2.24) is 16.0 Å². The molecule has 0 aliphatic carbocycles. The van der Waals surface area contributed by atoms with Crippen molar-refractivity contribution in [3.8, 4) is 0 Å². The Morgan fingerprint density at radius 1 is 1.35 bits per heavy atom. The quantitative estimate of drug-likeness (QED) is 0.283. The minimum atomic E-state index is 0.338. The molecule has 0 saturated carbocycles. The maximum atomic E-state index is 8.26. The molecule has 1 aromatic rings. The zero-order chi connectivity index (χ0) is 18.8. The van der Waals surface area contributed by atoms with Gasteiger partial charge in [-0.25, -0.2) is 0 Å². The number of amidine groups is 1. The number of allylic oxidation sites excluding steroid dienone is 4. The van der Waals surface area contributed by atoms with Crippen LogP contribution in [0, 0.1) is 10.8 Å². The van der Waals surface area contributed by atoms with E-state index in [1.165, 1.54) is 6.21 Å². The minimum absolute atomic E-state index is 0.338. The van der Waals surface area contributed by atoms with Crippen LogP contribution in [0.1, 0.15) is 30.9 Å². The summed E-state index contributed by atoms with van der Waals surface area (Å²) in [5.74, 6) is 0.477. The monoisotopic (exact) mass is 351 g/mol. The fourth-order valence-electron chi connectivity index (χ4n) is 2.94. The van der Waals surface area contributed by atoms with Gasteiger partial charge in [0.25, 0.3) is 0 Å². The summed E-state index contributed by atoms with van der Waals surface area (Å²) in [5.41, 5.74) is 3.72. The fraction of sp³-hybridized carbons (Fsp3) is 0.333. The van der Waals surface area contributed by atoms with Gasteiger partial charge in [0.05, 0.1) is 0 Å². The van der Waals surface area contributed by atoms with E-state index in [1.54, 1.807) is 6.08 Å². The Morgan fingerprint density at radius 3 is 2.69 bits per heavy atom. The molecule has 1 aromatic carbocycles. The van der Waals surface area contributed by atoms with Crippen molar-refractivity contribution in [1.29, 1.82) is 10.8 Å². The van der Waals surface area contributed by atoms with Crippen LogP contribution >= 0.6 is 0 Å². The highest BCUT2D eigenvalue weighted by molar-refractivity contribution is 5.96. The first-order valence-corrected chi connectivity index (χ1v) is 9.06. The van der Waals surface area contributed by atoms with E-state index in [-0.39, 0.29) is 0 Å². The Hall–Kier alpha value is -2.66. The Bertz CT molecular complexity index is 679. The first-order chi connectivity index (χ1) is 12.7. The normalized spacial score (nSPS) is 18.1. The van der Waals surface area contributed by atoms with Crippen LogP contribution in [-0.4, -0.2) is 31.2 Å². The van der Waals surface area contributed by atoms with E-state index in [0.717, 1.165) is 48.3 Å².